The summed E-state index contributed by atoms with van der Waals surface area (Å²) in [7, 11) is 1.64. The number of unbranched alkanes of at least 4 members (excludes halogenated alkanes) is 9. The number of hydrogen-bond acceptors (Lipinski definition) is 2. The van der Waals surface area contributed by atoms with Crippen LogP contribution in [0.4, 0.5) is 0 Å². The number of likely N-dealkylation sites (N-methyl/N-ethyl adjacent to an activating group) is 1. The number of carbonyl (C=O) groups is 1. The summed E-state index contributed by atoms with van der Waals surface area (Å²) < 4.78 is 0. The van der Waals surface area contributed by atoms with E-state index in [1.54, 1.807) is 7.05 Å². The van der Waals surface area contributed by atoms with Crippen LogP contribution in [-0.4, -0.2) is 71.6 Å². The van der Waals surface area contributed by atoms with E-state index in [-0.39, 0.29) is 36.1 Å². The van der Waals surface area contributed by atoms with E-state index >= 15 is 0 Å². The van der Waals surface area contributed by atoms with Crippen LogP contribution in [-0.2, 0) is 4.79 Å². The van der Waals surface area contributed by atoms with Gasteiger partial charge in [0.05, 0.1) is 0 Å². The van der Waals surface area contributed by atoms with Gasteiger partial charge < -0.3 is 15.7 Å². The molecule has 0 unspecified atom stereocenters. The standard InChI is InChI=1S/C16H33N3O2.Na/c1-3-4-5-6-7-8-9-10-11-12-13-18-16(17)19(2)14-15(20)21;/h3-14H2,1-2H3,(H2,17,18)(H,20,21);. The Labute approximate surface area is 158 Å². The van der Waals surface area contributed by atoms with Gasteiger partial charge in [-0.25, -0.2) is 0 Å². The van der Waals surface area contributed by atoms with Gasteiger partial charge in [0.25, 0.3) is 0 Å². The van der Waals surface area contributed by atoms with Gasteiger partial charge in [-0.1, -0.05) is 64.7 Å². The van der Waals surface area contributed by atoms with Crippen molar-refractivity contribution in [3.05, 3.63) is 0 Å². The van der Waals surface area contributed by atoms with Crippen LogP contribution < -0.4 is 5.73 Å². The molecule has 22 heavy (non-hydrogen) atoms. The second kappa shape index (κ2) is 17.1. The molecular formula is C16H33N3NaO2. The molecule has 0 aromatic rings. The average molecular weight is 322 g/mol. The van der Waals surface area contributed by atoms with Crippen LogP contribution in [0.5, 0.6) is 0 Å². The minimum absolute atomic E-state index is 0. The van der Waals surface area contributed by atoms with E-state index in [2.05, 4.69) is 11.9 Å². The van der Waals surface area contributed by atoms with E-state index in [9.17, 15) is 4.79 Å². The molecule has 0 saturated heterocycles. The van der Waals surface area contributed by atoms with Gasteiger partial charge in [-0.3, -0.25) is 9.79 Å². The first-order valence-corrected chi connectivity index (χ1v) is 8.30. The molecule has 0 saturated carbocycles. The second-order valence-corrected chi connectivity index (χ2v) is 5.67. The Morgan fingerprint density at radius 3 is 1.91 bits per heavy atom. The number of nitrogens with two attached hydrogens (primary N) is 1. The maximum atomic E-state index is 10.5. The van der Waals surface area contributed by atoms with Crippen molar-refractivity contribution in [1.29, 1.82) is 0 Å². The van der Waals surface area contributed by atoms with E-state index in [0.29, 0.717) is 12.5 Å². The van der Waals surface area contributed by atoms with Crippen molar-refractivity contribution in [2.75, 3.05) is 20.1 Å². The summed E-state index contributed by atoms with van der Waals surface area (Å²) in [5.41, 5.74) is 5.70. The molecule has 0 bridgehead atoms. The van der Waals surface area contributed by atoms with Gasteiger partial charge in [0.15, 0.2) is 5.96 Å². The van der Waals surface area contributed by atoms with Gasteiger partial charge in [0, 0.05) is 43.1 Å². The van der Waals surface area contributed by atoms with Crippen molar-refractivity contribution in [3.63, 3.8) is 0 Å². The number of aliphatic imine (C=N–C) groups is 1. The molecule has 0 heterocycles. The summed E-state index contributed by atoms with van der Waals surface area (Å²) in [6.45, 7) is 2.83. The summed E-state index contributed by atoms with van der Waals surface area (Å²) in [6, 6.07) is 0. The van der Waals surface area contributed by atoms with Crippen molar-refractivity contribution >= 4 is 41.5 Å². The fourth-order valence-electron chi connectivity index (χ4n) is 2.20. The molecule has 0 spiro atoms. The molecule has 125 valence electrons. The summed E-state index contributed by atoms with van der Waals surface area (Å²) in [6.07, 6.45) is 12.9. The Kier molecular flexibility index (Phi) is 18.7. The van der Waals surface area contributed by atoms with Crippen molar-refractivity contribution in [2.24, 2.45) is 10.7 Å². The number of carboxylic acid groups (broad SMARTS) is 1. The zero-order valence-corrected chi connectivity index (χ0v) is 16.8. The Balaban J connectivity index is 0. The van der Waals surface area contributed by atoms with Gasteiger partial charge in [-0.2, -0.15) is 0 Å². The zero-order chi connectivity index (χ0) is 15.9. The van der Waals surface area contributed by atoms with Gasteiger partial charge in [-0.05, 0) is 6.42 Å². The minimum Gasteiger partial charge on any atom is -0.480 e. The van der Waals surface area contributed by atoms with Gasteiger partial charge >= 0.3 is 5.97 Å². The Bertz CT molecular complexity index is 299. The molecular weight excluding hydrogens is 289 g/mol. The van der Waals surface area contributed by atoms with Crippen LogP contribution in [0.15, 0.2) is 4.99 Å². The molecule has 0 amide bonds. The molecule has 0 aliphatic carbocycles. The average Bonchev–Trinajstić information content (AvgIpc) is 2.43. The van der Waals surface area contributed by atoms with E-state index in [0.717, 1.165) is 6.42 Å². The number of aliphatic carboxylic acids is 1. The number of carboxylic acids is 1. The van der Waals surface area contributed by atoms with Crippen molar-refractivity contribution < 1.29 is 9.90 Å². The third-order valence-electron chi connectivity index (χ3n) is 3.55. The Morgan fingerprint density at radius 1 is 1.00 bits per heavy atom. The third-order valence-corrected chi connectivity index (χ3v) is 3.55. The maximum absolute atomic E-state index is 10.5. The van der Waals surface area contributed by atoms with Crippen LogP contribution in [0.25, 0.3) is 0 Å². The molecule has 0 rings (SSSR count). The maximum Gasteiger partial charge on any atom is 0.323 e. The van der Waals surface area contributed by atoms with Crippen LogP contribution in [0, 0.1) is 0 Å². The van der Waals surface area contributed by atoms with Gasteiger partial charge in [0.2, 0.25) is 0 Å². The normalized spacial score (nSPS) is 11.1. The first kappa shape index (κ1) is 24.0. The van der Waals surface area contributed by atoms with Crippen LogP contribution in [0.2, 0.25) is 0 Å². The van der Waals surface area contributed by atoms with E-state index in [1.807, 2.05) is 0 Å². The quantitative estimate of drug-likeness (QED) is 0.236. The predicted molar refractivity (Wildman–Crippen MR) is 94.4 cm³/mol. The number of nitrogens with zero attached hydrogens (tertiary/aromatic N) is 2. The van der Waals surface area contributed by atoms with Crippen LogP contribution in [0.1, 0.15) is 71.1 Å². The summed E-state index contributed by atoms with van der Waals surface area (Å²) in [5.74, 6) is -0.581. The summed E-state index contributed by atoms with van der Waals surface area (Å²) >= 11 is 0. The third kappa shape index (κ3) is 16.1. The molecule has 0 aliphatic rings. The SMILES string of the molecule is CCCCCCCCCCCCN=C(N)N(C)CC(=O)O.[Na]. The molecule has 0 aromatic carbocycles. The largest absolute Gasteiger partial charge is 0.480 e. The first-order valence-electron chi connectivity index (χ1n) is 8.30. The van der Waals surface area contributed by atoms with Crippen LogP contribution in [0.3, 0.4) is 0 Å². The van der Waals surface area contributed by atoms with E-state index < -0.39 is 5.97 Å². The summed E-state index contributed by atoms with van der Waals surface area (Å²) in [5, 5.41) is 8.64. The predicted octanol–water partition coefficient (Wildman–Crippen LogP) is 2.86. The Hall–Kier alpha value is -0.260. The number of rotatable bonds is 13. The van der Waals surface area contributed by atoms with Crippen LogP contribution >= 0.6 is 0 Å². The molecule has 5 nitrogen and oxygen atoms in total. The summed E-state index contributed by atoms with van der Waals surface area (Å²) in [4.78, 5) is 16.2. The minimum atomic E-state index is -0.894. The van der Waals surface area contributed by atoms with Gasteiger partial charge in [0.1, 0.15) is 6.54 Å². The monoisotopic (exact) mass is 322 g/mol. The van der Waals surface area contributed by atoms with Crippen molar-refractivity contribution in [1.82, 2.24) is 4.90 Å². The molecule has 3 N–H and O–H groups in total. The van der Waals surface area contributed by atoms with E-state index in [4.69, 9.17) is 10.8 Å². The zero-order valence-electron chi connectivity index (χ0n) is 14.8. The fourth-order valence-corrected chi connectivity index (χ4v) is 2.20. The van der Waals surface area contributed by atoms with Crippen molar-refractivity contribution in [3.8, 4) is 0 Å². The second-order valence-electron chi connectivity index (χ2n) is 5.67. The van der Waals surface area contributed by atoms with Crippen molar-refractivity contribution in [2.45, 2.75) is 71.1 Å². The molecule has 1 radical (unpaired) electrons. The molecule has 0 atom stereocenters. The number of hydrogen-bond donors (Lipinski definition) is 2. The molecule has 6 heteroatoms. The topological polar surface area (TPSA) is 78.9 Å². The Morgan fingerprint density at radius 2 is 1.45 bits per heavy atom. The fraction of sp³-hybridized carbons (Fsp3) is 0.875. The molecule has 0 aliphatic heterocycles. The van der Waals surface area contributed by atoms with E-state index in [1.165, 1.54) is 62.7 Å². The first-order chi connectivity index (χ1) is 10.1. The molecule has 0 fully saturated rings. The molecule has 0 aromatic heterocycles. The number of guanidine groups is 1. The van der Waals surface area contributed by atoms with Gasteiger partial charge in [-0.15, -0.1) is 0 Å². The smallest absolute Gasteiger partial charge is 0.323 e.